The Balaban J connectivity index is 2.29. The Morgan fingerprint density at radius 2 is 1.90 bits per heavy atom. The Morgan fingerprint density at radius 1 is 1.20 bits per heavy atom. The molecule has 0 radical (unpaired) electrons. The van der Waals surface area contributed by atoms with Gasteiger partial charge in [-0.2, -0.15) is 0 Å². The van der Waals surface area contributed by atoms with Crippen molar-refractivity contribution in [3.8, 4) is 0 Å². The van der Waals surface area contributed by atoms with Crippen molar-refractivity contribution in [1.29, 1.82) is 0 Å². The number of nitrogens with one attached hydrogen (secondary N) is 1. The van der Waals surface area contributed by atoms with Crippen molar-refractivity contribution in [2.24, 2.45) is 0 Å². The second-order valence-electron chi connectivity index (χ2n) is 4.52. The first-order valence-electron chi connectivity index (χ1n) is 6.17. The first-order chi connectivity index (χ1) is 9.41. The van der Waals surface area contributed by atoms with Crippen molar-refractivity contribution in [1.82, 2.24) is 15.1 Å². The number of amides is 3. The van der Waals surface area contributed by atoms with E-state index >= 15 is 0 Å². The van der Waals surface area contributed by atoms with Gasteiger partial charge in [0.15, 0.2) is 5.76 Å². The highest BCUT2D eigenvalue weighted by molar-refractivity contribution is 5.91. The monoisotopic (exact) mass is 281 g/mol. The van der Waals surface area contributed by atoms with E-state index in [1.54, 1.807) is 33.3 Å². The average molecular weight is 281 g/mol. The smallest absolute Gasteiger partial charge is 0.286 e. The summed E-state index contributed by atoms with van der Waals surface area (Å²) >= 11 is 0. The highest BCUT2D eigenvalue weighted by atomic mass is 16.3. The normalized spacial score (nSPS) is 9.95. The Hall–Kier alpha value is -2.31. The van der Waals surface area contributed by atoms with Crippen molar-refractivity contribution in [3.05, 3.63) is 24.2 Å². The van der Waals surface area contributed by atoms with E-state index in [4.69, 9.17) is 4.42 Å². The minimum absolute atomic E-state index is 0.0258. The Kier molecular flexibility index (Phi) is 5.76. The summed E-state index contributed by atoms with van der Waals surface area (Å²) in [4.78, 5) is 37.5. The summed E-state index contributed by atoms with van der Waals surface area (Å²) in [6.45, 7) is 0.219. The van der Waals surface area contributed by atoms with Crippen LogP contribution in [-0.4, -0.2) is 61.8 Å². The van der Waals surface area contributed by atoms with Crippen LogP contribution >= 0.6 is 0 Å². The first-order valence-corrected chi connectivity index (χ1v) is 6.17. The number of carbonyl (C=O) groups excluding carboxylic acids is 3. The lowest BCUT2D eigenvalue weighted by molar-refractivity contribution is -0.137. The summed E-state index contributed by atoms with van der Waals surface area (Å²) < 4.78 is 4.92. The fourth-order valence-electron chi connectivity index (χ4n) is 1.40. The van der Waals surface area contributed by atoms with E-state index < -0.39 is 0 Å². The van der Waals surface area contributed by atoms with E-state index in [9.17, 15) is 14.4 Å². The predicted molar refractivity (Wildman–Crippen MR) is 72.0 cm³/mol. The summed E-state index contributed by atoms with van der Waals surface area (Å²) in [5.41, 5.74) is 0. The van der Waals surface area contributed by atoms with E-state index in [-0.39, 0.29) is 43.0 Å². The fraction of sp³-hybridized carbons (Fsp3) is 0.462. The van der Waals surface area contributed by atoms with Crippen molar-refractivity contribution < 1.29 is 18.8 Å². The van der Waals surface area contributed by atoms with Crippen molar-refractivity contribution >= 4 is 17.7 Å². The maximum absolute atomic E-state index is 11.7. The number of rotatable bonds is 6. The van der Waals surface area contributed by atoms with Crippen molar-refractivity contribution in [3.63, 3.8) is 0 Å². The van der Waals surface area contributed by atoms with E-state index in [0.717, 1.165) is 0 Å². The molecule has 0 aromatic carbocycles. The third-order valence-electron chi connectivity index (χ3n) is 2.67. The molecule has 1 rings (SSSR count). The van der Waals surface area contributed by atoms with Gasteiger partial charge in [0.1, 0.15) is 0 Å². The van der Waals surface area contributed by atoms with Crippen LogP contribution in [0.1, 0.15) is 17.0 Å². The molecule has 1 aromatic rings. The lowest BCUT2D eigenvalue weighted by Crippen LogP contribution is -2.39. The van der Waals surface area contributed by atoms with Gasteiger partial charge >= 0.3 is 0 Å². The van der Waals surface area contributed by atoms with Gasteiger partial charge in [0.05, 0.1) is 12.8 Å². The van der Waals surface area contributed by atoms with Gasteiger partial charge in [-0.15, -0.1) is 0 Å². The van der Waals surface area contributed by atoms with E-state index in [0.29, 0.717) is 0 Å². The van der Waals surface area contributed by atoms with Crippen LogP contribution in [0.5, 0.6) is 0 Å². The highest BCUT2D eigenvalue weighted by Gasteiger charge is 2.14. The minimum atomic E-state index is -0.366. The van der Waals surface area contributed by atoms with Crippen LogP contribution in [0.25, 0.3) is 0 Å². The summed E-state index contributed by atoms with van der Waals surface area (Å²) in [6, 6.07) is 3.15. The molecule has 0 aliphatic heterocycles. The molecule has 0 atom stereocenters. The molecular weight excluding hydrogens is 262 g/mol. The quantitative estimate of drug-likeness (QED) is 0.792. The molecule has 7 heteroatoms. The van der Waals surface area contributed by atoms with Crippen molar-refractivity contribution in [2.75, 3.05) is 34.2 Å². The number of hydrogen-bond donors (Lipinski definition) is 1. The van der Waals surface area contributed by atoms with Crippen molar-refractivity contribution in [2.45, 2.75) is 6.42 Å². The summed E-state index contributed by atoms with van der Waals surface area (Å²) in [6.07, 6.45) is 1.53. The standard InChI is InChI=1S/C13H19N3O4/c1-15(2)12(18)9-16(3)11(17)6-7-14-13(19)10-5-4-8-20-10/h4-5,8H,6-7,9H2,1-3H3,(H,14,19). The van der Waals surface area contributed by atoms with Crippen LogP contribution in [0, 0.1) is 0 Å². The number of carbonyl (C=O) groups is 3. The maximum Gasteiger partial charge on any atom is 0.286 e. The molecule has 0 spiro atoms. The summed E-state index contributed by atoms with van der Waals surface area (Å²) in [5.74, 6) is -0.524. The number of hydrogen-bond acceptors (Lipinski definition) is 4. The first kappa shape index (κ1) is 15.7. The lowest BCUT2D eigenvalue weighted by atomic mass is 10.3. The van der Waals surface area contributed by atoms with Crippen LogP contribution in [0.4, 0.5) is 0 Å². The predicted octanol–water partition coefficient (Wildman–Crippen LogP) is -0.0539. The largest absolute Gasteiger partial charge is 0.459 e. The van der Waals surface area contributed by atoms with Gasteiger partial charge in [0.2, 0.25) is 11.8 Å². The molecule has 7 nitrogen and oxygen atoms in total. The zero-order chi connectivity index (χ0) is 15.1. The van der Waals surface area contributed by atoms with E-state index in [2.05, 4.69) is 5.32 Å². The molecule has 0 unspecified atom stereocenters. The fourth-order valence-corrected chi connectivity index (χ4v) is 1.40. The third kappa shape index (κ3) is 4.75. The van der Waals surface area contributed by atoms with E-state index in [1.165, 1.54) is 16.1 Å². The maximum atomic E-state index is 11.7. The molecule has 0 saturated carbocycles. The molecule has 1 N–H and O–H groups in total. The number of furan rings is 1. The van der Waals surface area contributed by atoms with Gasteiger partial charge < -0.3 is 19.5 Å². The summed E-state index contributed by atoms with van der Waals surface area (Å²) in [7, 11) is 4.81. The molecule has 1 aromatic heterocycles. The van der Waals surface area contributed by atoms with Gasteiger partial charge in [-0.05, 0) is 12.1 Å². The molecule has 110 valence electrons. The Morgan fingerprint density at radius 3 is 2.45 bits per heavy atom. The minimum Gasteiger partial charge on any atom is -0.459 e. The second kappa shape index (κ2) is 7.32. The van der Waals surface area contributed by atoms with Gasteiger partial charge in [-0.25, -0.2) is 0 Å². The Bertz CT molecular complexity index is 468. The molecule has 0 fully saturated rings. The van der Waals surface area contributed by atoms with Gasteiger partial charge in [-0.3, -0.25) is 14.4 Å². The molecule has 3 amide bonds. The SMILES string of the molecule is CN(C)C(=O)CN(C)C(=O)CCNC(=O)c1ccco1. The van der Waals surface area contributed by atoms with Gasteiger partial charge in [0, 0.05) is 34.1 Å². The molecular formula is C13H19N3O4. The molecule has 0 saturated heterocycles. The number of likely N-dealkylation sites (N-methyl/N-ethyl adjacent to an activating group) is 2. The van der Waals surface area contributed by atoms with Gasteiger partial charge in [0.25, 0.3) is 5.91 Å². The molecule has 0 bridgehead atoms. The van der Waals surface area contributed by atoms with Crippen LogP contribution in [-0.2, 0) is 9.59 Å². The van der Waals surface area contributed by atoms with Crippen LogP contribution in [0.2, 0.25) is 0 Å². The average Bonchev–Trinajstić information content (AvgIpc) is 2.91. The molecule has 20 heavy (non-hydrogen) atoms. The third-order valence-corrected chi connectivity index (χ3v) is 2.67. The van der Waals surface area contributed by atoms with Crippen LogP contribution < -0.4 is 5.32 Å². The van der Waals surface area contributed by atoms with Crippen LogP contribution in [0.3, 0.4) is 0 Å². The van der Waals surface area contributed by atoms with Gasteiger partial charge in [-0.1, -0.05) is 0 Å². The molecule has 0 aliphatic rings. The zero-order valence-corrected chi connectivity index (χ0v) is 11.9. The topological polar surface area (TPSA) is 82.9 Å². The van der Waals surface area contributed by atoms with Crippen LogP contribution in [0.15, 0.2) is 22.8 Å². The molecule has 0 aliphatic carbocycles. The molecule has 1 heterocycles. The van der Waals surface area contributed by atoms with E-state index in [1.807, 2.05) is 0 Å². The zero-order valence-electron chi connectivity index (χ0n) is 11.9. The highest BCUT2D eigenvalue weighted by Crippen LogP contribution is 1.99. The second-order valence-corrected chi connectivity index (χ2v) is 4.52. The summed E-state index contributed by atoms with van der Waals surface area (Å²) in [5, 5.41) is 2.57. The lowest BCUT2D eigenvalue weighted by Gasteiger charge is -2.19. The number of nitrogens with zero attached hydrogens (tertiary/aromatic N) is 2. The Labute approximate surface area is 117 Å².